The van der Waals surface area contributed by atoms with E-state index in [-0.39, 0.29) is 5.92 Å². The maximum absolute atomic E-state index is 11.5. The van der Waals surface area contributed by atoms with Crippen molar-refractivity contribution in [2.45, 2.75) is 45.8 Å². The van der Waals surface area contributed by atoms with E-state index < -0.39 is 8.07 Å². The summed E-state index contributed by atoms with van der Waals surface area (Å²) in [6.45, 7) is 8.75. The van der Waals surface area contributed by atoms with Crippen molar-refractivity contribution in [3.63, 3.8) is 0 Å². The number of Topliss-reactive ketones (excluding diaryl/α,β-unsaturated/α-hetero) is 1. The molecule has 0 spiro atoms. The standard InChI is InChI=1S/C17H26OSi/c1-5-17(18)15(2)11-9-10-14-19(3,4)16-12-7-6-8-13-16/h6-10,12-13,15H,5,11,14H2,1-4H3/b10-9+. The van der Waals surface area contributed by atoms with Crippen molar-refractivity contribution in [2.24, 2.45) is 5.92 Å². The first-order chi connectivity index (χ1) is 8.97. The third-order valence-electron chi connectivity index (χ3n) is 3.74. The Morgan fingerprint density at radius 3 is 2.42 bits per heavy atom. The summed E-state index contributed by atoms with van der Waals surface area (Å²) in [6.07, 6.45) is 6.00. The van der Waals surface area contributed by atoms with E-state index in [1.807, 2.05) is 13.8 Å². The van der Waals surface area contributed by atoms with Crippen LogP contribution in [-0.4, -0.2) is 13.9 Å². The molecule has 1 unspecified atom stereocenters. The molecule has 0 bridgehead atoms. The molecule has 0 N–H and O–H groups in total. The van der Waals surface area contributed by atoms with Gasteiger partial charge in [-0.3, -0.25) is 4.79 Å². The van der Waals surface area contributed by atoms with Crippen LogP contribution in [0.15, 0.2) is 42.5 Å². The van der Waals surface area contributed by atoms with Gasteiger partial charge in [0.05, 0.1) is 8.07 Å². The normalized spacial score (nSPS) is 13.7. The van der Waals surface area contributed by atoms with E-state index in [0.717, 1.165) is 12.5 Å². The second kappa shape index (κ2) is 7.44. The lowest BCUT2D eigenvalue weighted by atomic mass is 10.0. The number of carbonyl (C=O) groups excluding carboxylic acids is 1. The van der Waals surface area contributed by atoms with Crippen molar-refractivity contribution in [3.05, 3.63) is 42.5 Å². The van der Waals surface area contributed by atoms with Gasteiger partial charge in [0, 0.05) is 12.3 Å². The minimum Gasteiger partial charge on any atom is -0.299 e. The molecule has 0 aliphatic carbocycles. The molecule has 0 radical (unpaired) electrons. The number of rotatable bonds is 7. The van der Waals surface area contributed by atoms with Gasteiger partial charge in [0.25, 0.3) is 0 Å². The summed E-state index contributed by atoms with van der Waals surface area (Å²) in [7, 11) is -1.36. The van der Waals surface area contributed by atoms with Gasteiger partial charge in [0.15, 0.2) is 0 Å². The van der Waals surface area contributed by atoms with E-state index >= 15 is 0 Å². The molecule has 0 aliphatic rings. The molecule has 0 amide bonds. The first-order valence-corrected chi connectivity index (χ1v) is 10.4. The van der Waals surface area contributed by atoms with Crippen molar-refractivity contribution in [1.29, 1.82) is 0 Å². The molecule has 0 heterocycles. The molecule has 1 aromatic rings. The third kappa shape index (κ3) is 5.15. The summed E-state index contributed by atoms with van der Waals surface area (Å²) in [5, 5.41) is 1.50. The van der Waals surface area contributed by atoms with Crippen molar-refractivity contribution in [3.8, 4) is 0 Å². The lowest BCUT2D eigenvalue weighted by molar-refractivity contribution is -0.121. The van der Waals surface area contributed by atoms with Crippen LogP contribution in [0, 0.1) is 5.92 Å². The highest BCUT2D eigenvalue weighted by molar-refractivity contribution is 6.90. The first kappa shape index (κ1) is 15.9. The maximum Gasteiger partial charge on any atom is 0.135 e. The molecule has 1 rings (SSSR count). The predicted molar refractivity (Wildman–Crippen MR) is 86.6 cm³/mol. The minimum atomic E-state index is -1.36. The summed E-state index contributed by atoms with van der Waals surface area (Å²) in [6, 6.07) is 11.9. The zero-order valence-electron chi connectivity index (χ0n) is 12.6. The van der Waals surface area contributed by atoms with Crippen molar-refractivity contribution >= 4 is 19.0 Å². The Morgan fingerprint density at radius 2 is 1.84 bits per heavy atom. The first-order valence-electron chi connectivity index (χ1n) is 7.20. The smallest absolute Gasteiger partial charge is 0.135 e. The van der Waals surface area contributed by atoms with Gasteiger partial charge in [-0.05, 0) is 12.5 Å². The Balaban J connectivity index is 2.50. The van der Waals surface area contributed by atoms with E-state index in [4.69, 9.17) is 0 Å². The molecular formula is C17H26OSi. The van der Waals surface area contributed by atoms with E-state index in [1.54, 1.807) is 0 Å². The Kier molecular flexibility index (Phi) is 6.23. The van der Waals surface area contributed by atoms with Gasteiger partial charge in [-0.15, -0.1) is 0 Å². The van der Waals surface area contributed by atoms with Crippen LogP contribution >= 0.6 is 0 Å². The van der Waals surface area contributed by atoms with E-state index in [0.29, 0.717) is 12.2 Å². The van der Waals surface area contributed by atoms with E-state index in [2.05, 4.69) is 55.6 Å². The van der Waals surface area contributed by atoms with E-state index in [9.17, 15) is 4.79 Å². The van der Waals surface area contributed by atoms with Gasteiger partial charge >= 0.3 is 0 Å². The molecule has 1 atom stereocenters. The average molecular weight is 274 g/mol. The summed E-state index contributed by atoms with van der Waals surface area (Å²) < 4.78 is 0. The van der Waals surface area contributed by atoms with Gasteiger partial charge in [-0.1, -0.05) is 74.6 Å². The number of hydrogen-bond donors (Lipinski definition) is 0. The van der Waals surface area contributed by atoms with Gasteiger partial charge in [0.1, 0.15) is 5.78 Å². The predicted octanol–water partition coefficient (Wildman–Crippen LogP) is 4.16. The monoisotopic (exact) mass is 274 g/mol. The molecule has 2 heteroatoms. The molecule has 0 aromatic heterocycles. The Morgan fingerprint density at radius 1 is 1.21 bits per heavy atom. The van der Waals surface area contributed by atoms with Crippen LogP contribution in [0.3, 0.4) is 0 Å². The summed E-state index contributed by atoms with van der Waals surface area (Å²) in [5.41, 5.74) is 0. The fraction of sp³-hybridized carbons (Fsp3) is 0.471. The molecule has 19 heavy (non-hydrogen) atoms. The fourth-order valence-electron chi connectivity index (χ4n) is 2.17. The highest BCUT2D eigenvalue weighted by Crippen LogP contribution is 2.12. The van der Waals surface area contributed by atoms with Gasteiger partial charge in [-0.25, -0.2) is 0 Å². The molecule has 1 nitrogen and oxygen atoms in total. The SMILES string of the molecule is CCC(=O)C(C)C/C=C/C[Si](C)(C)c1ccccc1. The van der Waals surface area contributed by atoms with Gasteiger partial charge < -0.3 is 0 Å². The number of allylic oxidation sites excluding steroid dienone is 2. The molecule has 0 fully saturated rings. The van der Waals surface area contributed by atoms with Crippen molar-refractivity contribution in [2.75, 3.05) is 0 Å². The highest BCUT2D eigenvalue weighted by atomic mass is 28.3. The summed E-state index contributed by atoms with van der Waals surface area (Å²) >= 11 is 0. The lowest BCUT2D eigenvalue weighted by Crippen LogP contribution is -2.40. The topological polar surface area (TPSA) is 17.1 Å². The van der Waals surface area contributed by atoms with Gasteiger partial charge in [-0.2, -0.15) is 0 Å². The fourth-order valence-corrected chi connectivity index (χ4v) is 4.25. The molecule has 0 saturated carbocycles. The van der Waals surface area contributed by atoms with Crippen LogP contribution in [0.25, 0.3) is 0 Å². The number of hydrogen-bond acceptors (Lipinski definition) is 1. The molecular weight excluding hydrogens is 248 g/mol. The quantitative estimate of drug-likeness (QED) is 0.539. The van der Waals surface area contributed by atoms with Crippen LogP contribution in [0.5, 0.6) is 0 Å². The van der Waals surface area contributed by atoms with Crippen LogP contribution in [-0.2, 0) is 4.79 Å². The third-order valence-corrected chi connectivity index (χ3v) is 6.89. The van der Waals surface area contributed by atoms with Crippen LogP contribution in [0.2, 0.25) is 19.1 Å². The largest absolute Gasteiger partial charge is 0.299 e. The summed E-state index contributed by atoms with van der Waals surface area (Å²) in [4.78, 5) is 11.5. The number of ketones is 1. The molecule has 0 saturated heterocycles. The molecule has 0 aliphatic heterocycles. The second-order valence-electron chi connectivity index (χ2n) is 5.88. The Labute approximate surface area is 118 Å². The molecule has 1 aromatic carbocycles. The second-order valence-corrected chi connectivity index (χ2v) is 10.6. The number of benzene rings is 1. The van der Waals surface area contributed by atoms with Crippen LogP contribution < -0.4 is 5.19 Å². The minimum absolute atomic E-state index is 0.169. The van der Waals surface area contributed by atoms with Crippen molar-refractivity contribution in [1.82, 2.24) is 0 Å². The highest BCUT2D eigenvalue weighted by Gasteiger charge is 2.21. The number of carbonyl (C=O) groups is 1. The van der Waals surface area contributed by atoms with Crippen LogP contribution in [0.4, 0.5) is 0 Å². The maximum atomic E-state index is 11.5. The zero-order valence-corrected chi connectivity index (χ0v) is 13.6. The van der Waals surface area contributed by atoms with Gasteiger partial charge in [0.2, 0.25) is 0 Å². The Bertz CT molecular complexity index is 420. The Hall–Kier alpha value is -1.15. The van der Waals surface area contributed by atoms with Crippen molar-refractivity contribution < 1.29 is 4.79 Å². The lowest BCUT2D eigenvalue weighted by Gasteiger charge is -2.21. The zero-order chi connectivity index (χ0) is 14.3. The van der Waals surface area contributed by atoms with E-state index in [1.165, 1.54) is 5.19 Å². The molecule has 104 valence electrons. The van der Waals surface area contributed by atoms with Crippen LogP contribution in [0.1, 0.15) is 26.7 Å². The average Bonchev–Trinajstić information content (AvgIpc) is 2.43. The summed E-state index contributed by atoms with van der Waals surface area (Å²) in [5.74, 6) is 0.534.